The van der Waals surface area contributed by atoms with Gasteiger partial charge in [0.05, 0.1) is 13.7 Å². The number of aryl methyl sites for hydroxylation is 3. The molecule has 0 aliphatic heterocycles. The van der Waals surface area contributed by atoms with E-state index in [0.29, 0.717) is 25.2 Å². The van der Waals surface area contributed by atoms with Crippen LogP contribution in [0.25, 0.3) is 0 Å². The highest BCUT2D eigenvalue weighted by atomic mass is 16.5. The normalized spacial score (nSPS) is 10.3. The van der Waals surface area contributed by atoms with Crippen molar-refractivity contribution < 1.29 is 14.3 Å². The Hall–Kier alpha value is -2.49. The number of ether oxygens (including phenoxy) is 2. The maximum Gasteiger partial charge on any atom is 0.224 e. The number of amides is 1. The first-order valence-corrected chi connectivity index (χ1v) is 8.20. The van der Waals surface area contributed by atoms with Crippen molar-refractivity contribution in [3.63, 3.8) is 0 Å². The SMILES string of the molecule is CCOc1ccc(CCC(=O)Nc2ccc(C)c(C)c2)cc1OC. The highest BCUT2D eigenvalue weighted by Crippen LogP contribution is 2.28. The Labute approximate surface area is 143 Å². The van der Waals surface area contributed by atoms with Crippen molar-refractivity contribution in [1.29, 1.82) is 0 Å². The molecule has 0 atom stereocenters. The van der Waals surface area contributed by atoms with Crippen LogP contribution in [-0.2, 0) is 11.2 Å². The highest BCUT2D eigenvalue weighted by Gasteiger charge is 2.08. The summed E-state index contributed by atoms with van der Waals surface area (Å²) < 4.78 is 10.8. The van der Waals surface area contributed by atoms with Crippen LogP contribution in [0.3, 0.4) is 0 Å². The third-order valence-electron chi connectivity index (χ3n) is 3.96. The molecule has 0 unspecified atom stereocenters. The van der Waals surface area contributed by atoms with Gasteiger partial charge in [0.15, 0.2) is 11.5 Å². The maximum atomic E-state index is 12.1. The second-order valence-corrected chi connectivity index (χ2v) is 5.77. The molecule has 2 aromatic rings. The minimum absolute atomic E-state index is 0.00565. The molecule has 0 heterocycles. The van der Waals surface area contributed by atoms with Crippen molar-refractivity contribution in [3.8, 4) is 11.5 Å². The zero-order chi connectivity index (χ0) is 17.5. The Kier molecular flexibility index (Phi) is 6.24. The lowest BCUT2D eigenvalue weighted by Gasteiger charge is -2.11. The number of hydrogen-bond donors (Lipinski definition) is 1. The second kappa shape index (κ2) is 8.39. The third kappa shape index (κ3) is 4.75. The molecule has 0 aliphatic carbocycles. The Balaban J connectivity index is 1.94. The predicted molar refractivity (Wildman–Crippen MR) is 97.0 cm³/mol. The Bertz CT molecular complexity index is 710. The number of anilines is 1. The highest BCUT2D eigenvalue weighted by molar-refractivity contribution is 5.91. The van der Waals surface area contributed by atoms with E-state index in [4.69, 9.17) is 9.47 Å². The van der Waals surface area contributed by atoms with Crippen LogP contribution in [0.2, 0.25) is 0 Å². The summed E-state index contributed by atoms with van der Waals surface area (Å²) >= 11 is 0. The smallest absolute Gasteiger partial charge is 0.224 e. The second-order valence-electron chi connectivity index (χ2n) is 5.77. The van der Waals surface area contributed by atoms with Gasteiger partial charge in [-0.3, -0.25) is 4.79 Å². The summed E-state index contributed by atoms with van der Waals surface area (Å²) in [5.74, 6) is 1.43. The summed E-state index contributed by atoms with van der Waals surface area (Å²) in [6, 6.07) is 11.7. The Morgan fingerprint density at radius 2 is 1.83 bits per heavy atom. The molecule has 4 heteroatoms. The molecular weight excluding hydrogens is 302 g/mol. The van der Waals surface area contributed by atoms with Crippen molar-refractivity contribution in [1.82, 2.24) is 0 Å². The molecule has 2 aromatic carbocycles. The molecule has 0 fully saturated rings. The average molecular weight is 327 g/mol. The average Bonchev–Trinajstić information content (AvgIpc) is 2.57. The van der Waals surface area contributed by atoms with Gasteiger partial charge in [0.1, 0.15) is 0 Å². The molecule has 0 saturated carbocycles. The quantitative estimate of drug-likeness (QED) is 0.825. The van der Waals surface area contributed by atoms with Gasteiger partial charge in [-0.05, 0) is 68.1 Å². The number of methoxy groups -OCH3 is 1. The van der Waals surface area contributed by atoms with E-state index in [0.717, 1.165) is 17.0 Å². The fraction of sp³-hybridized carbons (Fsp3) is 0.350. The van der Waals surface area contributed by atoms with Crippen molar-refractivity contribution in [2.75, 3.05) is 19.0 Å². The molecule has 1 amide bonds. The van der Waals surface area contributed by atoms with Crippen LogP contribution in [0.1, 0.15) is 30.0 Å². The van der Waals surface area contributed by atoms with Crippen LogP contribution in [0.4, 0.5) is 5.69 Å². The summed E-state index contributed by atoms with van der Waals surface area (Å²) in [4.78, 5) is 12.1. The zero-order valence-corrected chi connectivity index (χ0v) is 14.8. The number of carbonyl (C=O) groups excluding carboxylic acids is 1. The number of carbonyl (C=O) groups is 1. The van der Waals surface area contributed by atoms with Crippen molar-refractivity contribution in [3.05, 3.63) is 53.1 Å². The van der Waals surface area contributed by atoms with Crippen LogP contribution >= 0.6 is 0 Å². The number of benzene rings is 2. The van der Waals surface area contributed by atoms with Gasteiger partial charge in [-0.2, -0.15) is 0 Å². The summed E-state index contributed by atoms with van der Waals surface area (Å²) in [6.07, 6.45) is 1.07. The van der Waals surface area contributed by atoms with Gasteiger partial charge in [0.2, 0.25) is 5.91 Å². The van der Waals surface area contributed by atoms with Crippen LogP contribution in [0.15, 0.2) is 36.4 Å². The van der Waals surface area contributed by atoms with E-state index in [1.807, 2.05) is 50.2 Å². The lowest BCUT2D eigenvalue weighted by atomic mass is 10.1. The van der Waals surface area contributed by atoms with E-state index < -0.39 is 0 Å². The van der Waals surface area contributed by atoms with E-state index in [2.05, 4.69) is 12.2 Å². The van der Waals surface area contributed by atoms with Crippen LogP contribution in [0, 0.1) is 13.8 Å². The van der Waals surface area contributed by atoms with E-state index in [9.17, 15) is 4.79 Å². The van der Waals surface area contributed by atoms with E-state index in [1.165, 1.54) is 11.1 Å². The molecule has 0 spiro atoms. The van der Waals surface area contributed by atoms with Gasteiger partial charge in [-0.1, -0.05) is 12.1 Å². The summed E-state index contributed by atoms with van der Waals surface area (Å²) in [6.45, 7) is 6.62. The topological polar surface area (TPSA) is 47.6 Å². The molecule has 0 aliphatic rings. The third-order valence-corrected chi connectivity index (χ3v) is 3.96. The van der Waals surface area contributed by atoms with Gasteiger partial charge in [-0.15, -0.1) is 0 Å². The van der Waals surface area contributed by atoms with E-state index in [1.54, 1.807) is 7.11 Å². The number of rotatable bonds is 7. The molecule has 2 rings (SSSR count). The standard InChI is InChI=1S/C20H25NO3/c1-5-24-18-10-7-16(13-19(18)23-4)8-11-20(22)21-17-9-6-14(2)15(3)12-17/h6-7,9-10,12-13H,5,8,11H2,1-4H3,(H,21,22). The first-order valence-electron chi connectivity index (χ1n) is 8.20. The molecule has 0 radical (unpaired) electrons. The number of hydrogen-bond acceptors (Lipinski definition) is 3. The number of nitrogens with one attached hydrogen (secondary N) is 1. The fourth-order valence-corrected chi connectivity index (χ4v) is 2.44. The molecular formula is C20H25NO3. The monoisotopic (exact) mass is 327 g/mol. The fourth-order valence-electron chi connectivity index (χ4n) is 2.44. The lowest BCUT2D eigenvalue weighted by Crippen LogP contribution is -2.12. The van der Waals surface area contributed by atoms with Gasteiger partial charge in [0, 0.05) is 12.1 Å². The first-order chi connectivity index (χ1) is 11.5. The van der Waals surface area contributed by atoms with Crippen molar-refractivity contribution in [2.24, 2.45) is 0 Å². The zero-order valence-electron chi connectivity index (χ0n) is 14.8. The largest absolute Gasteiger partial charge is 0.493 e. The molecule has 0 aromatic heterocycles. The van der Waals surface area contributed by atoms with E-state index >= 15 is 0 Å². The summed E-state index contributed by atoms with van der Waals surface area (Å²) in [5.41, 5.74) is 4.27. The Morgan fingerprint density at radius 1 is 1.04 bits per heavy atom. The van der Waals surface area contributed by atoms with Gasteiger partial charge in [0.25, 0.3) is 0 Å². The predicted octanol–water partition coefficient (Wildman–Crippen LogP) is 4.28. The summed E-state index contributed by atoms with van der Waals surface area (Å²) in [7, 11) is 1.62. The van der Waals surface area contributed by atoms with Crippen LogP contribution in [-0.4, -0.2) is 19.6 Å². The van der Waals surface area contributed by atoms with Crippen LogP contribution in [0.5, 0.6) is 11.5 Å². The van der Waals surface area contributed by atoms with Gasteiger partial charge >= 0.3 is 0 Å². The minimum atomic E-state index is 0.00565. The maximum absolute atomic E-state index is 12.1. The van der Waals surface area contributed by atoms with Crippen molar-refractivity contribution in [2.45, 2.75) is 33.6 Å². The lowest BCUT2D eigenvalue weighted by molar-refractivity contribution is -0.116. The first kappa shape index (κ1) is 17.9. The molecule has 4 nitrogen and oxygen atoms in total. The van der Waals surface area contributed by atoms with Gasteiger partial charge in [-0.25, -0.2) is 0 Å². The Morgan fingerprint density at radius 3 is 2.50 bits per heavy atom. The van der Waals surface area contributed by atoms with Crippen molar-refractivity contribution >= 4 is 11.6 Å². The van der Waals surface area contributed by atoms with Crippen LogP contribution < -0.4 is 14.8 Å². The molecule has 128 valence electrons. The van der Waals surface area contributed by atoms with E-state index in [-0.39, 0.29) is 5.91 Å². The molecule has 0 bridgehead atoms. The van der Waals surface area contributed by atoms with Gasteiger partial charge < -0.3 is 14.8 Å². The minimum Gasteiger partial charge on any atom is -0.493 e. The summed E-state index contributed by atoms with van der Waals surface area (Å²) in [5, 5.41) is 2.95. The molecule has 0 saturated heterocycles. The molecule has 1 N–H and O–H groups in total. The molecule has 24 heavy (non-hydrogen) atoms.